The fraction of sp³-hybridized carbons (Fsp3) is 0.750. The Bertz CT molecular complexity index is 463. The van der Waals surface area contributed by atoms with Gasteiger partial charge in [0.05, 0.1) is 0 Å². The molecule has 1 aliphatic heterocycles. The highest BCUT2D eigenvalue weighted by Crippen LogP contribution is 2.32. The monoisotopic (exact) mass is 276 g/mol. The highest BCUT2D eigenvalue weighted by Gasteiger charge is 2.32. The number of likely N-dealkylation sites (tertiary alicyclic amines) is 1. The van der Waals surface area contributed by atoms with Crippen LogP contribution >= 0.6 is 0 Å². The predicted octanol–water partition coefficient (Wildman–Crippen LogP) is 3.56. The van der Waals surface area contributed by atoms with E-state index in [1.165, 1.54) is 38.5 Å². The molecule has 0 radical (unpaired) electrons. The molecule has 2 heterocycles. The van der Waals surface area contributed by atoms with Crippen molar-refractivity contribution in [2.24, 2.45) is 5.92 Å². The van der Waals surface area contributed by atoms with Crippen LogP contribution in [0.25, 0.3) is 0 Å². The van der Waals surface area contributed by atoms with Crippen molar-refractivity contribution in [3.05, 3.63) is 17.5 Å². The van der Waals surface area contributed by atoms with E-state index in [1.807, 2.05) is 11.8 Å². The van der Waals surface area contributed by atoms with Crippen LogP contribution in [0, 0.1) is 12.8 Å². The zero-order valence-corrected chi connectivity index (χ0v) is 12.3. The van der Waals surface area contributed by atoms with Gasteiger partial charge in [0.15, 0.2) is 5.69 Å². The van der Waals surface area contributed by atoms with E-state index in [0.717, 1.165) is 25.3 Å². The van der Waals surface area contributed by atoms with Crippen LogP contribution < -0.4 is 0 Å². The summed E-state index contributed by atoms with van der Waals surface area (Å²) in [6.07, 6.45) is 10.3. The van der Waals surface area contributed by atoms with E-state index in [-0.39, 0.29) is 5.91 Å². The van der Waals surface area contributed by atoms with E-state index >= 15 is 0 Å². The lowest BCUT2D eigenvalue weighted by Gasteiger charge is -2.29. The summed E-state index contributed by atoms with van der Waals surface area (Å²) < 4.78 is 5.03. The van der Waals surface area contributed by atoms with Gasteiger partial charge in [-0.2, -0.15) is 0 Å². The lowest BCUT2D eigenvalue weighted by molar-refractivity contribution is 0.0701. The van der Waals surface area contributed by atoms with Crippen LogP contribution in [-0.2, 0) is 0 Å². The summed E-state index contributed by atoms with van der Waals surface area (Å²) in [4.78, 5) is 14.5. The number of carbonyl (C=O) groups excluding carboxylic acids is 1. The Balaban J connectivity index is 1.64. The summed E-state index contributed by atoms with van der Waals surface area (Å²) in [5, 5.41) is 3.88. The molecule has 1 amide bonds. The molecule has 4 heteroatoms. The van der Waals surface area contributed by atoms with Gasteiger partial charge in [-0.1, -0.05) is 37.3 Å². The second kappa shape index (κ2) is 5.98. The number of amides is 1. The zero-order chi connectivity index (χ0) is 13.9. The van der Waals surface area contributed by atoms with Gasteiger partial charge in [-0.25, -0.2) is 0 Å². The maximum atomic E-state index is 12.5. The van der Waals surface area contributed by atoms with Gasteiger partial charge in [-0.15, -0.1) is 0 Å². The average molecular weight is 276 g/mol. The van der Waals surface area contributed by atoms with Crippen LogP contribution in [0.5, 0.6) is 0 Å². The number of aromatic nitrogens is 1. The third-order valence-electron chi connectivity index (χ3n) is 4.82. The van der Waals surface area contributed by atoms with Gasteiger partial charge >= 0.3 is 0 Å². The van der Waals surface area contributed by atoms with Crippen LogP contribution in [0.4, 0.5) is 0 Å². The SMILES string of the molecule is Cc1cc(C(=O)N2CCC[C@@H]2CC2CCCCC2)no1. The van der Waals surface area contributed by atoms with E-state index in [0.29, 0.717) is 17.5 Å². The maximum absolute atomic E-state index is 12.5. The molecule has 2 fully saturated rings. The molecule has 0 spiro atoms. The fourth-order valence-corrected chi connectivity index (χ4v) is 3.77. The van der Waals surface area contributed by atoms with Crippen molar-refractivity contribution in [2.45, 2.75) is 64.3 Å². The number of aryl methyl sites for hydroxylation is 1. The largest absolute Gasteiger partial charge is 0.361 e. The summed E-state index contributed by atoms with van der Waals surface area (Å²) in [5.41, 5.74) is 0.470. The van der Waals surface area contributed by atoms with Crippen LogP contribution in [0.2, 0.25) is 0 Å². The minimum Gasteiger partial charge on any atom is -0.361 e. The Morgan fingerprint density at radius 3 is 2.80 bits per heavy atom. The van der Waals surface area contributed by atoms with Gasteiger partial charge in [-0.3, -0.25) is 4.79 Å². The Labute approximate surface area is 120 Å². The number of nitrogens with zero attached hydrogens (tertiary/aromatic N) is 2. The van der Waals surface area contributed by atoms with Crippen molar-refractivity contribution in [1.82, 2.24) is 10.1 Å². The Morgan fingerprint density at radius 1 is 1.30 bits per heavy atom. The molecule has 1 aromatic rings. The maximum Gasteiger partial charge on any atom is 0.276 e. The Kier molecular flexibility index (Phi) is 4.08. The smallest absolute Gasteiger partial charge is 0.276 e. The molecule has 2 aliphatic rings. The second-order valence-electron chi connectivity index (χ2n) is 6.36. The summed E-state index contributed by atoms with van der Waals surface area (Å²) in [5.74, 6) is 1.58. The highest BCUT2D eigenvalue weighted by molar-refractivity contribution is 5.92. The molecule has 3 rings (SSSR count). The zero-order valence-electron chi connectivity index (χ0n) is 12.3. The topological polar surface area (TPSA) is 46.3 Å². The first kappa shape index (κ1) is 13.7. The molecule has 1 saturated heterocycles. The Morgan fingerprint density at radius 2 is 2.10 bits per heavy atom. The van der Waals surface area contributed by atoms with Crippen LogP contribution in [0.15, 0.2) is 10.6 Å². The van der Waals surface area contributed by atoms with Gasteiger partial charge < -0.3 is 9.42 Å². The second-order valence-corrected chi connectivity index (χ2v) is 6.36. The lowest BCUT2D eigenvalue weighted by atomic mass is 9.84. The van der Waals surface area contributed by atoms with Gasteiger partial charge in [-0.05, 0) is 32.1 Å². The summed E-state index contributed by atoms with van der Waals surface area (Å²) >= 11 is 0. The van der Waals surface area contributed by atoms with Crippen molar-refractivity contribution >= 4 is 5.91 Å². The van der Waals surface area contributed by atoms with Crippen molar-refractivity contribution in [3.8, 4) is 0 Å². The van der Waals surface area contributed by atoms with Crippen molar-refractivity contribution in [2.75, 3.05) is 6.54 Å². The number of hydrogen-bond donors (Lipinski definition) is 0. The highest BCUT2D eigenvalue weighted by atomic mass is 16.5. The van der Waals surface area contributed by atoms with Crippen molar-refractivity contribution in [1.29, 1.82) is 0 Å². The molecule has 1 saturated carbocycles. The van der Waals surface area contributed by atoms with E-state index < -0.39 is 0 Å². The average Bonchev–Trinajstić information content (AvgIpc) is 3.08. The first-order valence-corrected chi connectivity index (χ1v) is 7.98. The van der Waals surface area contributed by atoms with Gasteiger partial charge in [0.2, 0.25) is 0 Å². The normalized spacial score (nSPS) is 24.2. The molecular formula is C16H24N2O2. The van der Waals surface area contributed by atoms with Crippen LogP contribution in [0.1, 0.15) is 67.6 Å². The third-order valence-corrected chi connectivity index (χ3v) is 4.82. The van der Waals surface area contributed by atoms with E-state index in [9.17, 15) is 4.79 Å². The third kappa shape index (κ3) is 2.89. The molecule has 4 nitrogen and oxygen atoms in total. The molecule has 0 N–H and O–H groups in total. The first-order valence-electron chi connectivity index (χ1n) is 7.98. The molecule has 1 aliphatic carbocycles. The van der Waals surface area contributed by atoms with Gasteiger partial charge in [0, 0.05) is 18.7 Å². The Hall–Kier alpha value is -1.32. The van der Waals surface area contributed by atoms with E-state index in [4.69, 9.17) is 4.52 Å². The molecule has 0 unspecified atom stereocenters. The molecule has 1 aromatic heterocycles. The van der Waals surface area contributed by atoms with Crippen LogP contribution in [-0.4, -0.2) is 28.6 Å². The standard InChI is InChI=1S/C16H24N2O2/c1-12-10-15(17-20-12)16(19)18-9-5-8-14(18)11-13-6-3-2-4-7-13/h10,13-14H,2-9,11H2,1H3/t14-/m1/s1. The van der Waals surface area contributed by atoms with Gasteiger partial charge in [0.1, 0.15) is 5.76 Å². The summed E-state index contributed by atoms with van der Waals surface area (Å²) in [6.45, 7) is 2.70. The lowest BCUT2D eigenvalue weighted by Crippen LogP contribution is -2.37. The summed E-state index contributed by atoms with van der Waals surface area (Å²) in [6, 6.07) is 2.17. The minimum atomic E-state index is 0.0557. The van der Waals surface area contributed by atoms with Crippen molar-refractivity contribution < 1.29 is 9.32 Å². The molecule has 0 bridgehead atoms. The van der Waals surface area contributed by atoms with Crippen LogP contribution in [0.3, 0.4) is 0 Å². The quantitative estimate of drug-likeness (QED) is 0.848. The molecule has 0 aromatic carbocycles. The minimum absolute atomic E-state index is 0.0557. The van der Waals surface area contributed by atoms with E-state index in [2.05, 4.69) is 5.16 Å². The predicted molar refractivity (Wildman–Crippen MR) is 76.5 cm³/mol. The number of rotatable bonds is 3. The van der Waals surface area contributed by atoms with Gasteiger partial charge in [0.25, 0.3) is 5.91 Å². The molecule has 110 valence electrons. The summed E-state index contributed by atoms with van der Waals surface area (Å²) in [7, 11) is 0. The number of hydrogen-bond acceptors (Lipinski definition) is 3. The first-order chi connectivity index (χ1) is 9.74. The fourth-order valence-electron chi connectivity index (χ4n) is 3.77. The molecule has 1 atom stereocenters. The van der Waals surface area contributed by atoms with E-state index in [1.54, 1.807) is 6.07 Å². The van der Waals surface area contributed by atoms with Crippen molar-refractivity contribution in [3.63, 3.8) is 0 Å². The molecular weight excluding hydrogens is 252 g/mol. The molecule has 20 heavy (non-hydrogen) atoms. The number of carbonyl (C=O) groups is 1.